The first-order chi connectivity index (χ1) is 15.3. The molecule has 10 heteroatoms. The van der Waals surface area contributed by atoms with Gasteiger partial charge in [-0.05, 0) is 30.5 Å². The Labute approximate surface area is 188 Å². The number of rotatable bonds is 6. The fourth-order valence-corrected chi connectivity index (χ4v) is 4.36. The third kappa shape index (κ3) is 4.40. The molecule has 3 aromatic rings. The van der Waals surface area contributed by atoms with Crippen LogP contribution in [0.1, 0.15) is 30.1 Å². The highest BCUT2D eigenvalue weighted by molar-refractivity contribution is 6.31. The van der Waals surface area contributed by atoms with Gasteiger partial charge in [0.15, 0.2) is 0 Å². The summed E-state index contributed by atoms with van der Waals surface area (Å²) in [7, 11) is 1.51. The number of hydrogen-bond acceptors (Lipinski definition) is 5. The first-order valence-electron chi connectivity index (χ1n) is 10.2. The lowest BCUT2D eigenvalue weighted by molar-refractivity contribution is -0.164. The maximum atomic E-state index is 15.3. The van der Waals surface area contributed by atoms with E-state index in [0.29, 0.717) is 16.8 Å². The number of likely N-dealkylation sites (tertiary alicyclic amines) is 1. The normalized spacial score (nSPS) is 16.3. The summed E-state index contributed by atoms with van der Waals surface area (Å²) in [6.07, 6.45) is 1.31. The number of aromatic amines is 1. The van der Waals surface area contributed by atoms with Gasteiger partial charge in [0.25, 0.3) is 5.92 Å². The van der Waals surface area contributed by atoms with Crippen molar-refractivity contribution in [3.63, 3.8) is 0 Å². The minimum Gasteiger partial charge on any atom is -0.481 e. The molecular formula is C22H23ClF2N4O3. The largest absolute Gasteiger partial charge is 0.481 e. The molecule has 1 saturated heterocycles. The van der Waals surface area contributed by atoms with Gasteiger partial charge in [-0.25, -0.2) is 13.8 Å². The lowest BCUT2D eigenvalue weighted by Crippen LogP contribution is -2.45. The molecule has 1 aliphatic rings. The van der Waals surface area contributed by atoms with E-state index in [2.05, 4.69) is 15.2 Å². The number of amides is 1. The Morgan fingerprint density at radius 2 is 2.09 bits per heavy atom. The molecule has 0 aliphatic carbocycles. The number of alkyl halides is 2. The maximum Gasteiger partial charge on any atom is 0.280 e. The van der Waals surface area contributed by atoms with E-state index in [-0.39, 0.29) is 48.8 Å². The van der Waals surface area contributed by atoms with Crippen LogP contribution in [0.2, 0.25) is 5.02 Å². The fraction of sp³-hybridized carbons (Fsp3) is 0.409. The zero-order valence-corrected chi connectivity index (χ0v) is 18.1. The lowest BCUT2D eigenvalue weighted by Gasteiger charge is -2.38. The molecule has 1 aromatic carbocycles. The average molecular weight is 465 g/mol. The van der Waals surface area contributed by atoms with Crippen LogP contribution >= 0.6 is 11.6 Å². The van der Waals surface area contributed by atoms with Crippen LogP contribution in [0.25, 0.3) is 10.9 Å². The Bertz CT molecular complexity index is 1100. The molecule has 0 spiro atoms. The molecular weight excluding hydrogens is 442 g/mol. The summed E-state index contributed by atoms with van der Waals surface area (Å²) in [6, 6.07) is 6.35. The zero-order chi connectivity index (χ0) is 22.9. The van der Waals surface area contributed by atoms with E-state index >= 15 is 8.78 Å². The molecule has 0 radical (unpaired) electrons. The Hall–Kier alpha value is -2.78. The lowest BCUT2D eigenvalue weighted by atomic mass is 9.84. The number of ether oxygens (including phenoxy) is 1. The van der Waals surface area contributed by atoms with Crippen LogP contribution in [0.3, 0.4) is 0 Å². The quantitative estimate of drug-likeness (QED) is 0.579. The molecule has 32 heavy (non-hydrogen) atoms. The van der Waals surface area contributed by atoms with E-state index in [0.717, 1.165) is 5.56 Å². The number of halogens is 3. The molecule has 3 heterocycles. The average Bonchev–Trinajstić information content (AvgIpc) is 3.27. The van der Waals surface area contributed by atoms with Crippen LogP contribution < -0.4 is 4.74 Å². The van der Waals surface area contributed by atoms with Gasteiger partial charge >= 0.3 is 0 Å². The molecule has 1 fully saturated rings. The van der Waals surface area contributed by atoms with Gasteiger partial charge in [-0.15, -0.1) is 0 Å². The molecule has 2 N–H and O–H groups in total. The van der Waals surface area contributed by atoms with Crippen molar-refractivity contribution in [1.29, 1.82) is 0 Å². The van der Waals surface area contributed by atoms with Crippen LogP contribution in [0.15, 0.2) is 36.7 Å². The van der Waals surface area contributed by atoms with Crippen molar-refractivity contribution in [2.75, 3.05) is 20.2 Å². The second-order valence-electron chi connectivity index (χ2n) is 7.95. The van der Waals surface area contributed by atoms with Gasteiger partial charge < -0.3 is 14.7 Å². The molecule has 0 saturated carbocycles. The number of methoxy groups -OCH3 is 1. The Morgan fingerprint density at radius 1 is 1.34 bits per heavy atom. The number of carbonyl (C=O) groups is 1. The smallest absolute Gasteiger partial charge is 0.280 e. The number of nitrogens with zero attached hydrogens (tertiary/aromatic N) is 3. The number of fused-ring (bicyclic) bond motifs is 1. The van der Waals surface area contributed by atoms with Gasteiger partial charge in [0.05, 0.1) is 25.2 Å². The molecule has 0 bridgehead atoms. The van der Waals surface area contributed by atoms with Crippen LogP contribution in [-0.4, -0.2) is 57.2 Å². The second kappa shape index (κ2) is 8.99. The summed E-state index contributed by atoms with van der Waals surface area (Å²) in [5.74, 6) is -4.15. The number of aliphatic hydroxyl groups excluding tert-OH is 1. The van der Waals surface area contributed by atoms with Gasteiger partial charge in [-0.2, -0.15) is 5.10 Å². The van der Waals surface area contributed by atoms with Crippen LogP contribution in [0.5, 0.6) is 5.88 Å². The van der Waals surface area contributed by atoms with Gasteiger partial charge in [0.1, 0.15) is 6.10 Å². The SMILES string of the molecule is COc1ccc(CC(=O)N2CCC(C(F)(F)C(O)c3cc(Cl)cc4cn[nH]c34)CC2)cn1. The van der Waals surface area contributed by atoms with Crippen molar-refractivity contribution in [3.8, 4) is 5.88 Å². The minimum absolute atomic E-state index is 0.0144. The number of carbonyl (C=O) groups excluding carboxylic acids is 1. The minimum atomic E-state index is -3.39. The van der Waals surface area contributed by atoms with Crippen molar-refractivity contribution in [2.45, 2.75) is 31.3 Å². The number of benzene rings is 1. The number of piperidine rings is 1. The topological polar surface area (TPSA) is 91.3 Å². The van der Waals surface area contributed by atoms with Crippen LogP contribution in [0, 0.1) is 5.92 Å². The predicted molar refractivity (Wildman–Crippen MR) is 115 cm³/mol. The monoisotopic (exact) mass is 464 g/mol. The summed E-state index contributed by atoms with van der Waals surface area (Å²) in [4.78, 5) is 18.2. The second-order valence-corrected chi connectivity index (χ2v) is 8.38. The number of pyridine rings is 1. The van der Waals surface area contributed by atoms with Crippen molar-refractivity contribution in [1.82, 2.24) is 20.1 Å². The van der Waals surface area contributed by atoms with E-state index in [1.165, 1.54) is 19.4 Å². The van der Waals surface area contributed by atoms with E-state index in [1.807, 2.05) is 0 Å². The summed E-state index contributed by atoms with van der Waals surface area (Å²) in [5, 5.41) is 17.9. The number of H-pyrrole nitrogens is 1. The third-order valence-corrected chi connectivity index (χ3v) is 6.18. The molecule has 1 aliphatic heterocycles. The molecule has 2 aromatic heterocycles. The Balaban J connectivity index is 1.41. The first-order valence-corrected chi connectivity index (χ1v) is 10.6. The molecule has 1 atom stereocenters. The summed E-state index contributed by atoms with van der Waals surface area (Å²) >= 11 is 6.04. The Kier molecular flexibility index (Phi) is 6.30. The third-order valence-electron chi connectivity index (χ3n) is 5.96. The van der Waals surface area contributed by atoms with Crippen LogP contribution in [-0.2, 0) is 11.2 Å². The highest BCUT2D eigenvalue weighted by atomic mass is 35.5. The molecule has 4 rings (SSSR count). The zero-order valence-electron chi connectivity index (χ0n) is 17.4. The number of aromatic nitrogens is 3. The number of hydrogen-bond donors (Lipinski definition) is 2. The summed E-state index contributed by atoms with van der Waals surface area (Å²) < 4.78 is 35.5. The van der Waals surface area contributed by atoms with Gasteiger partial charge in [0, 0.05) is 47.2 Å². The van der Waals surface area contributed by atoms with E-state index in [1.54, 1.807) is 29.3 Å². The van der Waals surface area contributed by atoms with Gasteiger partial charge in [0.2, 0.25) is 11.8 Å². The van der Waals surface area contributed by atoms with Crippen molar-refractivity contribution >= 4 is 28.4 Å². The summed E-state index contributed by atoms with van der Waals surface area (Å²) in [6.45, 7) is 0.398. The summed E-state index contributed by atoms with van der Waals surface area (Å²) in [5.41, 5.74) is 1.08. The fourth-order valence-electron chi connectivity index (χ4n) is 4.13. The van der Waals surface area contributed by atoms with E-state index in [4.69, 9.17) is 16.3 Å². The van der Waals surface area contributed by atoms with Gasteiger partial charge in [-0.3, -0.25) is 9.89 Å². The van der Waals surface area contributed by atoms with Crippen molar-refractivity contribution in [3.05, 3.63) is 52.8 Å². The van der Waals surface area contributed by atoms with Crippen molar-refractivity contribution < 1.29 is 23.4 Å². The van der Waals surface area contributed by atoms with E-state index in [9.17, 15) is 9.90 Å². The molecule has 1 unspecified atom stereocenters. The standard InChI is InChI=1S/C22H23ClF2N4O3/c1-32-18-3-2-13(11-26-18)8-19(30)29-6-4-15(5-7-29)22(24,25)21(31)17-10-16(23)9-14-12-27-28-20(14)17/h2-3,9-12,15,21,31H,4-8H2,1H3,(H,27,28). The number of aliphatic hydroxyl groups is 1. The highest BCUT2D eigenvalue weighted by Gasteiger charge is 2.48. The highest BCUT2D eigenvalue weighted by Crippen LogP contribution is 2.44. The first kappa shape index (κ1) is 22.4. The predicted octanol–water partition coefficient (Wildman–Crippen LogP) is 3.77. The molecule has 1 amide bonds. The van der Waals surface area contributed by atoms with Crippen LogP contribution in [0.4, 0.5) is 8.78 Å². The maximum absolute atomic E-state index is 15.3. The number of nitrogens with one attached hydrogen (secondary N) is 1. The van der Waals surface area contributed by atoms with Gasteiger partial charge in [-0.1, -0.05) is 17.7 Å². The molecule has 170 valence electrons. The van der Waals surface area contributed by atoms with E-state index < -0.39 is 17.9 Å². The van der Waals surface area contributed by atoms with Crippen molar-refractivity contribution in [2.24, 2.45) is 5.92 Å². The molecule has 7 nitrogen and oxygen atoms in total. The Morgan fingerprint density at radius 3 is 2.75 bits per heavy atom.